The maximum Gasteiger partial charge on any atom is 0.0987 e. The molecule has 0 aliphatic heterocycles. The standard InChI is InChI=1S/C7H9N.C5H13N.C2H6.C2H4/c1-3-5-7(4-2)6-8;1-4-5(2)6-3;2*1-2/h3-5H,1-2H3;5-6H,4H2,1-3H3;1-2H3;1-2H2/b5-3-,7-4+;;;. The molecule has 0 fully saturated rings. The van der Waals surface area contributed by atoms with Gasteiger partial charge in [-0.2, -0.15) is 5.26 Å². The van der Waals surface area contributed by atoms with Crippen LogP contribution in [0.5, 0.6) is 0 Å². The van der Waals surface area contributed by atoms with E-state index in [-0.39, 0.29) is 0 Å². The smallest absolute Gasteiger partial charge is 0.0987 e. The quantitative estimate of drug-likeness (QED) is 0.442. The number of hydrogen-bond acceptors (Lipinski definition) is 2. The molecule has 0 aromatic carbocycles. The Hall–Kier alpha value is -1.33. The van der Waals surface area contributed by atoms with Crippen LogP contribution in [0.1, 0.15) is 48.0 Å². The van der Waals surface area contributed by atoms with E-state index in [0.717, 1.165) is 0 Å². The number of hydrogen-bond donors (Lipinski definition) is 1. The van der Waals surface area contributed by atoms with E-state index in [2.05, 4.69) is 32.3 Å². The molecular weight excluding hydrogens is 220 g/mol. The molecule has 2 nitrogen and oxygen atoms in total. The van der Waals surface area contributed by atoms with E-state index in [4.69, 9.17) is 5.26 Å². The van der Waals surface area contributed by atoms with Gasteiger partial charge in [0.15, 0.2) is 0 Å². The summed E-state index contributed by atoms with van der Waals surface area (Å²) in [4.78, 5) is 0. The molecule has 106 valence electrons. The minimum Gasteiger partial charge on any atom is -0.317 e. The second-order valence-electron chi connectivity index (χ2n) is 2.95. The molecule has 0 heterocycles. The minimum absolute atomic E-state index is 0.685. The van der Waals surface area contributed by atoms with E-state index in [1.54, 1.807) is 12.2 Å². The average Bonchev–Trinajstić information content (AvgIpc) is 2.48. The molecule has 1 N–H and O–H groups in total. The van der Waals surface area contributed by atoms with Crippen molar-refractivity contribution in [2.75, 3.05) is 7.05 Å². The first-order valence-corrected chi connectivity index (χ1v) is 6.52. The lowest BCUT2D eigenvalue weighted by Gasteiger charge is -2.02. The van der Waals surface area contributed by atoms with Gasteiger partial charge in [0.2, 0.25) is 0 Å². The summed E-state index contributed by atoms with van der Waals surface area (Å²) in [7, 11) is 1.98. The lowest BCUT2D eigenvalue weighted by Crippen LogP contribution is -2.19. The third-order valence-electron chi connectivity index (χ3n) is 1.89. The summed E-state index contributed by atoms with van der Waals surface area (Å²) in [6.07, 6.45) is 6.62. The molecule has 18 heavy (non-hydrogen) atoms. The van der Waals surface area contributed by atoms with Crippen LogP contribution in [0.2, 0.25) is 0 Å². The van der Waals surface area contributed by atoms with Gasteiger partial charge in [-0.15, -0.1) is 13.2 Å². The van der Waals surface area contributed by atoms with Crippen LogP contribution < -0.4 is 5.32 Å². The molecule has 1 unspecified atom stereocenters. The van der Waals surface area contributed by atoms with Gasteiger partial charge in [0.1, 0.15) is 0 Å². The Morgan fingerprint density at radius 3 is 1.83 bits per heavy atom. The third-order valence-corrected chi connectivity index (χ3v) is 1.89. The molecule has 0 rings (SSSR count). The van der Waals surface area contributed by atoms with Crippen LogP contribution in [0.15, 0.2) is 37.0 Å². The largest absolute Gasteiger partial charge is 0.317 e. The number of allylic oxidation sites excluding steroid dienone is 4. The van der Waals surface area contributed by atoms with E-state index >= 15 is 0 Å². The van der Waals surface area contributed by atoms with E-state index in [1.807, 2.05) is 46.9 Å². The molecular formula is C16H32N2. The molecule has 0 saturated heterocycles. The molecule has 0 radical (unpaired) electrons. The maximum absolute atomic E-state index is 8.29. The van der Waals surface area contributed by atoms with Crippen LogP contribution >= 0.6 is 0 Å². The predicted octanol–water partition coefficient (Wildman–Crippen LogP) is 4.87. The maximum atomic E-state index is 8.29. The zero-order valence-electron chi connectivity index (χ0n) is 13.4. The fourth-order valence-electron chi connectivity index (χ4n) is 0.582. The van der Waals surface area contributed by atoms with E-state index in [9.17, 15) is 0 Å². The monoisotopic (exact) mass is 252 g/mol. The Kier molecular flexibility index (Phi) is 42.0. The number of nitriles is 1. The lowest BCUT2D eigenvalue weighted by molar-refractivity contribution is 0.593. The topological polar surface area (TPSA) is 35.8 Å². The number of nitrogens with one attached hydrogen (secondary N) is 1. The Balaban J connectivity index is -0.0000000869. The van der Waals surface area contributed by atoms with Gasteiger partial charge in [-0.3, -0.25) is 0 Å². The van der Waals surface area contributed by atoms with Gasteiger partial charge in [-0.05, 0) is 40.3 Å². The highest BCUT2D eigenvalue weighted by molar-refractivity contribution is 5.31. The summed E-state index contributed by atoms with van der Waals surface area (Å²) >= 11 is 0. The van der Waals surface area contributed by atoms with Crippen molar-refractivity contribution in [1.82, 2.24) is 5.32 Å². The first-order valence-electron chi connectivity index (χ1n) is 6.52. The normalized spacial score (nSPS) is 10.7. The van der Waals surface area contributed by atoms with E-state index < -0.39 is 0 Å². The van der Waals surface area contributed by atoms with E-state index in [1.165, 1.54) is 6.42 Å². The Labute approximate surface area is 115 Å². The molecule has 0 amide bonds. The summed E-state index contributed by atoms with van der Waals surface area (Å²) in [6.45, 7) is 18.1. The van der Waals surface area contributed by atoms with Crippen molar-refractivity contribution in [2.45, 2.75) is 54.0 Å². The zero-order valence-corrected chi connectivity index (χ0v) is 13.4. The van der Waals surface area contributed by atoms with Crippen LogP contribution in [-0.4, -0.2) is 13.1 Å². The highest BCUT2D eigenvalue weighted by Crippen LogP contribution is 1.91. The van der Waals surface area contributed by atoms with Crippen molar-refractivity contribution in [1.29, 1.82) is 5.26 Å². The van der Waals surface area contributed by atoms with Gasteiger partial charge in [0.05, 0.1) is 6.07 Å². The van der Waals surface area contributed by atoms with Crippen LogP contribution in [-0.2, 0) is 0 Å². The number of rotatable bonds is 3. The number of nitrogens with zero attached hydrogens (tertiary/aromatic N) is 1. The van der Waals surface area contributed by atoms with E-state index in [0.29, 0.717) is 11.6 Å². The van der Waals surface area contributed by atoms with Crippen molar-refractivity contribution in [3.8, 4) is 6.07 Å². The minimum atomic E-state index is 0.685. The van der Waals surface area contributed by atoms with Gasteiger partial charge < -0.3 is 5.32 Å². The summed E-state index contributed by atoms with van der Waals surface area (Å²) < 4.78 is 0. The molecule has 2 heteroatoms. The summed E-state index contributed by atoms with van der Waals surface area (Å²) in [5, 5.41) is 11.4. The molecule has 0 aromatic heterocycles. The first kappa shape index (κ1) is 25.5. The second-order valence-corrected chi connectivity index (χ2v) is 2.95. The average molecular weight is 252 g/mol. The lowest BCUT2D eigenvalue weighted by atomic mass is 10.3. The van der Waals surface area contributed by atoms with Crippen LogP contribution in [0.3, 0.4) is 0 Å². The van der Waals surface area contributed by atoms with Crippen LogP contribution in [0.25, 0.3) is 0 Å². The predicted molar refractivity (Wildman–Crippen MR) is 85.6 cm³/mol. The van der Waals surface area contributed by atoms with Gasteiger partial charge in [0, 0.05) is 11.6 Å². The first-order chi connectivity index (χ1) is 8.65. The van der Waals surface area contributed by atoms with Gasteiger partial charge in [-0.1, -0.05) is 32.9 Å². The highest BCUT2D eigenvalue weighted by atomic mass is 14.8. The molecule has 0 aliphatic rings. The zero-order chi connectivity index (χ0) is 15.4. The molecule has 1 atom stereocenters. The van der Waals surface area contributed by atoms with Crippen LogP contribution in [0.4, 0.5) is 0 Å². The van der Waals surface area contributed by atoms with Gasteiger partial charge in [0.25, 0.3) is 0 Å². The van der Waals surface area contributed by atoms with Crippen molar-refractivity contribution in [3.05, 3.63) is 37.0 Å². The second kappa shape index (κ2) is 29.6. The Bertz CT molecular complexity index is 218. The fraction of sp³-hybridized carbons (Fsp3) is 0.562. The SMILES string of the molecule is C/C=C\C(C#N)=C/C.C=C.CC.CCC(C)NC. The Morgan fingerprint density at radius 1 is 1.33 bits per heavy atom. The van der Waals surface area contributed by atoms with Gasteiger partial charge in [-0.25, -0.2) is 0 Å². The summed E-state index contributed by atoms with van der Waals surface area (Å²) in [6, 6.07) is 2.71. The van der Waals surface area contributed by atoms with Crippen molar-refractivity contribution in [3.63, 3.8) is 0 Å². The van der Waals surface area contributed by atoms with Crippen molar-refractivity contribution in [2.24, 2.45) is 0 Å². The molecule has 0 aromatic rings. The molecule has 0 saturated carbocycles. The van der Waals surface area contributed by atoms with Gasteiger partial charge >= 0.3 is 0 Å². The van der Waals surface area contributed by atoms with Crippen molar-refractivity contribution < 1.29 is 0 Å². The Morgan fingerprint density at radius 2 is 1.78 bits per heavy atom. The fourth-order valence-corrected chi connectivity index (χ4v) is 0.582. The third kappa shape index (κ3) is 29.3. The molecule has 0 aliphatic carbocycles. The summed E-state index contributed by atoms with van der Waals surface area (Å²) in [5.41, 5.74) is 0.715. The summed E-state index contributed by atoms with van der Waals surface area (Å²) in [5.74, 6) is 0. The highest BCUT2D eigenvalue weighted by Gasteiger charge is 1.86. The molecule has 0 bridgehead atoms. The van der Waals surface area contributed by atoms with Crippen LogP contribution in [0, 0.1) is 11.3 Å². The molecule has 0 spiro atoms. The van der Waals surface area contributed by atoms with Crippen molar-refractivity contribution >= 4 is 0 Å².